The SMILES string of the molecule is CCOC(=O)C1CCCC(NC(=O)C2(CC(COCCOC)C(=O)O)CCCC2)C1. The molecular formula is C22H37NO7. The maximum absolute atomic E-state index is 13.3. The van der Waals surface area contributed by atoms with Gasteiger partial charge in [0.15, 0.2) is 0 Å². The van der Waals surface area contributed by atoms with E-state index in [-0.39, 0.29) is 36.9 Å². The van der Waals surface area contributed by atoms with Gasteiger partial charge in [-0.3, -0.25) is 14.4 Å². The first-order valence-electron chi connectivity index (χ1n) is 11.2. The van der Waals surface area contributed by atoms with Gasteiger partial charge in [0.05, 0.1) is 43.7 Å². The monoisotopic (exact) mass is 427 g/mol. The summed E-state index contributed by atoms with van der Waals surface area (Å²) in [5, 5.41) is 12.8. The van der Waals surface area contributed by atoms with Crippen LogP contribution in [-0.2, 0) is 28.6 Å². The normalized spacial score (nSPS) is 24.2. The Morgan fingerprint density at radius 3 is 2.50 bits per heavy atom. The Bertz CT molecular complexity index is 574. The van der Waals surface area contributed by atoms with E-state index in [1.807, 2.05) is 0 Å². The molecule has 0 bridgehead atoms. The molecule has 0 aromatic heterocycles. The molecule has 3 unspecified atom stereocenters. The van der Waals surface area contributed by atoms with Crippen LogP contribution in [0.2, 0.25) is 0 Å². The van der Waals surface area contributed by atoms with Gasteiger partial charge in [-0.15, -0.1) is 0 Å². The third-order valence-electron chi connectivity index (χ3n) is 6.41. The highest BCUT2D eigenvalue weighted by Gasteiger charge is 2.45. The summed E-state index contributed by atoms with van der Waals surface area (Å²) >= 11 is 0. The van der Waals surface area contributed by atoms with Crippen molar-refractivity contribution in [2.45, 2.75) is 70.8 Å². The standard InChI is InChI=1S/C22H37NO7/c1-3-30-20(26)16-7-6-8-18(13-16)23-21(27)22(9-4-5-10-22)14-17(19(24)25)15-29-12-11-28-2/h16-18H,3-15H2,1-2H3,(H,23,27)(H,24,25). The smallest absolute Gasteiger partial charge is 0.308 e. The highest BCUT2D eigenvalue weighted by Crippen LogP contribution is 2.44. The number of esters is 1. The van der Waals surface area contributed by atoms with Crippen LogP contribution in [0.5, 0.6) is 0 Å². The van der Waals surface area contributed by atoms with Gasteiger partial charge in [0.2, 0.25) is 5.91 Å². The number of methoxy groups -OCH3 is 1. The topological polar surface area (TPSA) is 111 Å². The second kappa shape index (κ2) is 12.2. The summed E-state index contributed by atoms with van der Waals surface area (Å²) in [4.78, 5) is 37.2. The number of hydrogen-bond acceptors (Lipinski definition) is 6. The lowest BCUT2D eigenvalue weighted by Crippen LogP contribution is -2.48. The van der Waals surface area contributed by atoms with Crippen LogP contribution < -0.4 is 5.32 Å². The number of rotatable bonds is 12. The number of amides is 1. The maximum atomic E-state index is 13.3. The first kappa shape index (κ1) is 24.6. The summed E-state index contributed by atoms with van der Waals surface area (Å²) < 4.78 is 15.5. The Kier molecular flexibility index (Phi) is 10.0. The summed E-state index contributed by atoms with van der Waals surface area (Å²) in [5.41, 5.74) is -0.676. The zero-order valence-electron chi connectivity index (χ0n) is 18.3. The Morgan fingerprint density at radius 2 is 1.87 bits per heavy atom. The summed E-state index contributed by atoms with van der Waals surface area (Å²) in [7, 11) is 1.56. The molecule has 8 heteroatoms. The fourth-order valence-corrected chi connectivity index (χ4v) is 4.77. The molecule has 2 saturated carbocycles. The van der Waals surface area contributed by atoms with Crippen LogP contribution in [0.25, 0.3) is 0 Å². The van der Waals surface area contributed by atoms with Crippen LogP contribution in [0.1, 0.15) is 64.7 Å². The van der Waals surface area contributed by atoms with Gasteiger partial charge in [0.1, 0.15) is 0 Å². The Balaban J connectivity index is 1.98. The van der Waals surface area contributed by atoms with Crippen LogP contribution in [-0.4, -0.2) is 62.5 Å². The lowest BCUT2D eigenvalue weighted by Gasteiger charge is -2.34. The fraction of sp³-hybridized carbons (Fsp3) is 0.864. The molecule has 0 aromatic carbocycles. The number of aliphatic carboxylic acids is 1. The Labute approximate surface area is 179 Å². The second-order valence-electron chi connectivity index (χ2n) is 8.58. The first-order chi connectivity index (χ1) is 14.4. The molecule has 2 aliphatic carbocycles. The number of carboxylic acid groups (broad SMARTS) is 1. The largest absolute Gasteiger partial charge is 0.481 e. The number of carbonyl (C=O) groups is 3. The van der Waals surface area contributed by atoms with Crippen molar-refractivity contribution in [2.75, 3.05) is 33.5 Å². The zero-order valence-corrected chi connectivity index (χ0v) is 18.3. The number of carboxylic acids is 1. The summed E-state index contributed by atoms with van der Waals surface area (Å²) in [6.07, 6.45) is 6.56. The van der Waals surface area contributed by atoms with Crippen molar-refractivity contribution in [3.63, 3.8) is 0 Å². The molecule has 0 saturated heterocycles. The van der Waals surface area contributed by atoms with E-state index >= 15 is 0 Å². The van der Waals surface area contributed by atoms with Crippen LogP contribution >= 0.6 is 0 Å². The summed E-state index contributed by atoms with van der Waals surface area (Å²) in [6, 6.07) is -0.0700. The number of ether oxygens (including phenoxy) is 3. The lowest BCUT2D eigenvalue weighted by molar-refractivity contribution is -0.151. The van der Waals surface area contributed by atoms with Crippen LogP contribution in [0.3, 0.4) is 0 Å². The molecule has 0 spiro atoms. The van der Waals surface area contributed by atoms with Gasteiger partial charge < -0.3 is 24.6 Å². The van der Waals surface area contributed by atoms with Crippen molar-refractivity contribution < 1.29 is 33.7 Å². The average Bonchev–Trinajstić information content (AvgIpc) is 3.20. The van der Waals surface area contributed by atoms with Crippen LogP contribution in [0, 0.1) is 17.3 Å². The van der Waals surface area contributed by atoms with E-state index in [1.165, 1.54) is 0 Å². The molecule has 0 radical (unpaired) electrons. The maximum Gasteiger partial charge on any atom is 0.308 e. The molecule has 2 N–H and O–H groups in total. The van der Waals surface area contributed by atoms with Crippen molar-refractivity contribution in [1.82, 2.24) is 5.32 Å². The molecule has 8 nitrogen and oxygen atoms in total. The van der Waals surface area contributed by atoms with E-state index in [9.17, 15) is 19.5 Å². The molecule has 0 aromatic rings. The molecule has 0 aliphatic heterocycles. The van der Waals surface area contributed by atoms with Crippen molar-refractivity contribution in [2.24, 2.45) is 17.3 Å². The van der Waals surface area contributed by atoms with Gasteiger partial charge in [-0.25, -0.2) is 0 Å². The van der Waals surface area contributed by atoms with Crippen molar-refractivity contribution in [3.05, 3.63) is 0 Å². The number of nitrogens with one attached hydrogen (secondary N) is 1. The molecule has 2 fully saturated rings. The average molecular weight is 428 g/mol. The molecule has 30 heavy (non-hydrogen) atoms. The first-order valence-corrected chi connectivity index (χ1v) is 11.2. The van der Waals surface area contributed by atoms with Crippen molar-refractivity contribution >= 4 is 17.8 Å². The fourth-order valence-electron chi connectivity index (χ4n) is 4.77. The zero-order chi connectivity index (χ0) is 22.0. The van der Waals surface area contributed by atoms with E-state index in [2.05, 4.69) is 5.32 Å². The van der Waals surface area contributed by atoms with Crippen molar-refractivity contribution in [1.29, 1.82) is 0 Å². The van der Waals surface area contributed by atoms with Gasteiger partial charge in [0.25, 0.3) is 0 Å². The molecule has 1 amide bonds. The van der Waals surface area contributed by atoms with E-state index in [4.69, 9.17) is 14.2 Å². The second-order valence-corrected chi connectivity index (χ2v) is 8.58. The lowest BCUT2D eigenvalue weighted by atomic mass is 9.76. The predicted molar refractivity (Wildman–Crippen MR) is 110 cm³/mol. The number of hydrogen-bond donors (Lipinski definition) is 2. The van der Waals surface area contributed by atoms with E-state index in [0.717, 1.165) is 32.1 Å². The molecule has 0 heterocycles. The molecule has 2 rings (SSSR count). The minimum Gasteiger partial charge on any atom is -0.481 e. The third-order valence-corrected chi connectivity index (χ3v) is 6.41. The van der Waals surface area contributed by atoms with E-state index in [1.54, 1.807) is 14.0 Å². The van der Waals surface area contributed by atoms with Crippen LogP contribution in [0.4, 0.5) is 0 Å². The molecule has 172 valence electrons. The molecule has 3 atom stereocenters. The van der Waals surface area contributed by atoms with Crippen molar-refractivity contribution in [3.8, 4) is 0 Å². The number of carbonyl (C=O) groups excluding carboxylic acids is 2. The van der Waals surface area contributed by atoms with Gasteiger partial charge in [0, 0.05) is 13.2 Å². The van der Waals surface area contributed by atoms with Gasteiger partial charge in [-0.2, -0.15) is 0 Å². The third kappa shape index (κ3) is 6.94. The Morgan fingerprint density at radius 1 is 1.13 bits per heavy atom. The van der Waals surface area contributed by atoms with Crippen LogP contribution in [0.15, 0.2) is 0 Å². The summed E-state index contributed by atoms with van der Waals surface area (Å²) in [6.45, 7) is 2.96. The quantitative estimate of drug-likeness (QED) is 0.364. The van der Waals surface area contributed by atoms with Gasteiger partial charge in [-0.05, 0) is 45.4 Å². The minimum atomic E-state index is -0.938. The van der Waals surface area contributed by atoms with E-state index < -0.39 is 17.3 Å². The van der Waals surface area contributed by atoms with E-state index in [0.29, 0.717) is 39.1 Å². The minimum absolute atomic E-state index is 0.0700. The van der Waals surface area contributed by atoms with Gasteiger partial charge >= 0.3 is 11.9 Å². The highest BCUT2D eigenvalue weighted by molar-refractivity contribution is 5.84. The highest BCUT2D eigenvalue weighted by atomic mass is 16.5. The molecule has 2 aliphatic rings. The Hall–Kier alpha value is -1.67. The summed E-state index contributed by atoms with van der Waals surface area (Å²) in [5.74, 6) is -2.11. The molecular weight excluding hydrogens is 390 g/mol. The predicted octanol–water partition coefficient (Wildman–Crippen LogP) is 2.54. The van der Waals surface area contributed by atoms with Gasteiger partial charge in [-0.1, -0.05) is 19.3 Å².